The van der Waals surface area contributed by atoms with Crippen molar-refractivity contribution in [3.63, 3.8) is 0 Å². The van der Waals surface area contributed by atoms with E-state index < -0.39 is 0 Å². The third-order valence-electron chi connectivity index (χ3n) is 1.79. The van der Waals surface area contributed by atoms with Crippen LogP contribution in [0.2, 0.25) is 0 Å². The highest BCUT2D eigenvalue weighted by atomic mass is 79.9. The van der Waals surface area contributed by atoms with Crippen LogP contribution in [0.3, 0.4) is 0 Å². The van der Waals surface area contributed by atoms with E-state index in [2.05, 4.69) is 22.0 Å². The van der Waals surface area contributed by atoms with Crippen LogP contribution in [0.4, 0.5) is 0 Å². The van der Waals surface area contributed by atoms with Crippen molar-refractivity contribution >= 4 is 27.7 Å². The van der Waals surface area contributed by atoms with E-state index in [4.69, 9.17) is 10.8 Å². The van der Waals surface area contributed by atoms with Crippen LogP contribution in [0.5, 0.6) is 0 Å². The summed E-state index contributed by atoms with van der Waals surface area (Å²) in [6.45, 7) is 0.164. The number of aliphatic hydroxyl groups excluding tert-OH is 1. The molecular formula is C10H14BrNOS. The molecule has 0 aliphatic carbocycles. The first kappa shape index (κ1) is 12.0. The largest absolute Gasteiger partial charge is 0.396 e. The topological polar surface area (TPSA) is 46.2 Å². The Bertz CT molecular complexity index is 283. The predicted octanol–water partition coefficient (Wildman–Crippen LogP) is 2.25. The van der Waals surface area contributed by atoms with Gasteiger partial charge in [-0.3, -0.25) is 0 Å². The quantitative estimate of drug-likeness (QED) is 0.811. The van der Waals surface area contributed by atoms with Crippen LogP contribution < -0.4 is 5.73 Å². The molecule has 0 amide bonds. The molecule has 0 aromatic heterocycles. The predicted molar refractivity (Wildman–Crippen MR) is 64.5 cm³/mol. The first-order valence-electron chi connectivity index (χ1n) is 4.48. The van der Waals surface area contributed by atoms with Gasteiger partial charge in [-0.25, -0.2) is 0 Å². The summed E-state index contributed by atoms with van der Waals surface area (Å²) in [5.41, 5.74) is 5.79. The summed E-state index contributed by atoms with van der Waals surface area (Å²) in [6.07, 6.45) is 0.664. The molecule has 14 heavy (non-hydrogen) atoms. The van der Waals surface area contributed by atoms with Gasteiger partial charge in [0.15, 0.2) is 0 Å². The number of nitrogens with two attached hydrogens (primary N) is 1. The molecule has 4 heteroatoms. The summed E-state index contributed by atoms with van der Waals surface area (Å²) < 4.78 is 1.10. The fraction of sp³-hybridized carbons (Fsp3) is 0.400. The Hall–Kier alpha value is -0.0300. The minimum absolute atomic E-state index is 0.0668. The van der Waals surface area contributed by atoms with E-state index in [1.807, 2.05) is 18.2 Å². The SMILES string of the molecule is NC(CCO)CSc1ccccc1Br. The lowest BCUT2D eigenvalue weighted by Crippen LogP contribution is -2.23. The van der Waals surface area contributed by atoms with Crippen molar-refractivity contribution < 1.29 is 5.11 Å². The standard InChI is InChI=1S/C10H14BrNOS/c11-9-3-1-2-4-10(9)14-7-8(12)5-6-13/h1-4,8,13H,5-7,12H2. The Morgan fingerprint density at radius 2 is 2.14 bits per heavy atom. The molecule has 0 fully saturated rings. The maximum Gasteiger partial charge on any atom is 0.0446 e. The summed E-state index contributed by atoms with van der Waals surface area (Å²) in [6, 6.07) is 8.13. The summed E-state index contributed by atoms with van der Waals surface area (Å²) in [4.78, 5) is 1.20. The minimum Gasteiger partial charge on any atom is -0.396 e. The van der Waals surface area contributed by atoms with Crippen LogP contribution in [-0.2, 0) is 0 Å². The van der Waals surface area contributed by atoms with Gasteiger partial charge < -0.3 is 10.8 Å². The Balaban J connectivity index is 2.41. The molecule has 0 aliphatic heterocycles. The molecule has 0 aliphatic rings. The first-order valence-corrected chi connectivity index (χ1v) is 6.25. The summed E-state index contributed by atoms with van der Waals surface area (Å²) in [5, 5.41) is 8.69. The van der Waals surface area contributed by atoms with Crippen LogP contribution >= 0.6 is 27.7 Å². The molecule has 2 nitrogen and oxygen atoms in total. The van der Waals surface area contributed by atoms with E-state index in [1.165, 1.54) is 4.90 Å². The molecule has 1 atom stereocenters. The zero-order valence-corrected chi connectivity index (χ0v) is 10.2. The maximum atomic E-state index is 8.69. The number of benzene rings is 1. The fourth-order valence-corrected chi connectivity index (χ4v) is 2.58. The van der Waals surface area contributed by atoms with Gasteiger partial charge in [-0.2, -0.15) is 0 Å². The van der Waals surface area contributed by atoms with Crippen molar-refractivity contribution in [1.29, 1.82) is 0 Å². The van der Waals surface area contributed by atoms with E-state index in [9.17, 15) is 0 Å². The highest BCUT2D eigenvalue weighted by Gasteiger charge is 2.04. The van der Waals surface area contributed by atoms with Gasteiger partial charge in [0.2, 0.25) is 0 Å². The van der Waals surface area contributed by atoms with Gasteiger partial charge in [0, 0.05) is 27.8 Å². The van der Waals surface area contributed by atoms with Gasteiger partial charge >= 0.3 is 0 Å². The van der Waals surface area contributed by atoms with Gasteiger partial charge in [0.25, 0.3) is 0 Å². The first-order chi connectivity index (χ1) is 6.74. The Morgan fingerprint density at radius 1 is 1.43 bits per heavy atom. The molecule has 0 saturated heterocycles. The fourth-order valence-electron chi connectivity index (χ4n) is 1.01. The van der Waals surface area contributed by atoms with Crippen LogP contribution in [0, 0.1) is 0 Å². The monoisotopic (exact) mass is 275 g/mol. The summed E-state index contributed by atoms with van der Waals surface area (Å²) in [7, 11) is 0. The highest BCUT2D eigenvalue weighted by Crippen LogP contribution is 2.27. The lowest BCUT2D eigenvalue weighted by Gasteiger charge is -2.09. The van der Waals surface area contributed by atoms with Crippen molar-refractivity contribution in [1.82, 2.24) is 0 Å². The van der Waals surface area contributed by atoms with Gasteiger partial charge in [-0.15, -0.1) is 11.8 Å². The molecule has 0 heterocycles. The molecule has 0 radical (unpaired) electrons. The number of hydrogen-bond donors (Lipinski definition) is 2. The normalized spacial score (nSPS) is 12.8. The van der Waals surface area contributed by atoms with E-state index in [0.717, 1.165) is 10.2 Å². The van der Waals surface area contributed by atoms with Crippen LogP contribution in [-0.4, -0.2) is 23.5 Å². The molecule has 1 aromatic rings. The Kier molecular flexibility index (Phi) is 5.55. The third-order valence-corrected chi connectivity index (χ3v) is 4.01. The molecule has 1 unspecified atom stereocenters. The van der Waals surface area contributed by atoms with Crippen molar-refractivity contribution in [2.24, 2.45) is 5.73 Å². The van der Waals surface area contributed by atoms with Crippen molar-refractivity contribution in [2.75, 3.05) is 12.4 Å². The Morgan fingerprint density at radius 3 is 2.79 bits per heavy atom. The van der Waals surface area contributed by atoms with Crippen LogP contribution in [0.25, 0.3) is 0 Å². The smallest absolute Gasteiger partial charge is 0.0446 e. The van der Waals surface area contributed by atoms with E-state index in [-0.39, 0.29) is 12.6 Å². The minimum atomic E-state index is 0.0668. The molecule has 3 N–H and O–H groups in total. The molecule has 0 bridgehead atoms. The van der Waals surface area contributed by atoms with Gasteiger partial charge in [-0.1, -0.05) is 12.1 Å². The zero-order valence-electron chi connectivity index (χ0n) is 7.82. The maximum absolute atomic E-state index is 8.69. The van der Waals surface area contributed by atoms with Crippen molar-refractivity contribution in [3.05, 3.63) is 28.7 Å². The van der Waals surface area contributed by atoms with Gasteiger partial charge in [0.1, 0.15) is 0 Å². The number of thioether (sulfide) groups is 1. The molecular weight excluding hydrogens is 262 g/mol. The van der Waals surface area contributed by atoms with E-state index >= 15 is 0 Å². The zero-order chi connectivity index (χ0) is 10.4. The molecule has 0 spiro atoms. The number of aliphatic hydroxyl groups is 1. The van der Waals surface area contributed by atoms with Crippen molar-refractivity contribution in [3.8, 4) is 0 Å². The second-order valence-corrected chi connectivity index (χ2v) is 4.93. The average Bonchev–Trinajstić information content (AvgIpc) is 2.17. The second-order valence-electron chi connectivity index (χ2n) is 3.01. The molecule has 0 saturated carbocycles. The molecule has 1 aromatic carbocycles. The van der Waals surface area contributed by atoms with Crippen molar-refractivity contribution in [2.45, 2.75) is 17.4 Å². The van der Waals surface area contributed by atoms with Gasteiger partial charge in [-0.05, 0) is 34.5 Å². The van der Waals surface area contributed by atoms with Crippen LogP contribution in [0.15, 0.2) is 33.6 Å². The second kappa shape index (κ2) is 6.45. The average molecular weight is 276 g/mol. The third kappa shape index (κ3) is 4.00. The number of halogens is 1. The van der Waals surface area contributed by atoms with Gasteiger partial charge in [0.05, 0.1) is 0 Å². The number of rotatable bonds is 5. The summed E-state index contributed by atoms with van der Waals surface area (Å²) >= 11 is 5.19. The molecule has 78 valence electrons. The number of hydrogen-bond acceptors (Lipinski definition) is 3. The lowest BCUT2D eigenvalue weighted by atomic mass is 10.3. The lowest BCUT2D eigenvalue weighted by molar-refractivity contribution is 0.279. The Labute approximate surface area is 97.0 Å². The molecule has 1 rings (SSSR count). The van der Waals surface area contributed by atoms with E-state index in [0.29, 0.717) is 6.42 Å². The van der Waals surface area contributed by atoms with Crippen LogP contribution in [0.1, 0.15) is 6.42 Å². The van der Waals surface area contributed by atoms with E-state index in [1.54, 1.807) is 11.8 Å². The summed E-state index contributed by atoms with van der Waals surface area (Å²) in [5.74, 6) is 0.836. The highest BCUT2D eigenvalue weighted by molar-refractivity contribution is 9.10.